The summed E-state index contributed by atoms with van der Waals surface area (Å²) in [5.74, 6) is 0.145. The van der Waals surface area contributed by atoms with Gasteiger partial charge < -0.3 is 4.74 Å². The number of pyridine rings is 1. The van der Waals surface area contributed by atoms with Crippen molar-refractivity contribution >= 4 is 10.9 Å². The van der Waals surface area contributed by atoms with Gasteiger partial charge in [0.1, 0.15) is 17.4 Å². The molecular formula is C24H19F2NO. The van der Waals surface area contributed by atoms with Crippen LogP contribution in [0.3, 0.4) is 0 Å². The number of nitrogens with zero attached hydrogens (tertiary/aromatic N) is 1. The molecule has 1 heterocycles. The fourth-order valence-corrected chi connectivity index (χ4v) is 3.32. The molecule has 0 aliphatic carbocycles. The predicted octanol–water partition coefficient (Wildman–Crippen LogP) is 6.55. The molecule has 2 nitrogen and oxygen atoms in total. The summed E-state index contributed by atoms with van der Waals surface area (Å²) < 4.78 is 33.7. The molecule has 3 aromatic carbocycles. The lowest BCUT2D eigenvalue weighted by Gasteiger charge is -2.10. The van der Waals surface area contributed by atoms with E-state index in [-0.39, 0.29) is 11.6 Å². The Labute approximate surface area is 162 Å². The molecule has 0 aliphatic rings. The normalized spacial score (nSPS) is 11.0. The predicted molar refractivity (Wildman–Crippen MR) is 108 cm³/mol. The molecule has 4 aromatic rings. The second-order valence-corrected chi connectivity index (χ2v) is 6.64. The molecule has 0 fully saturated rings. The van der Waals surface area contributed by atoms with Crippen molar-refractivity contribution in [3.05, 3.63) is 83.9 Å². The van der Waals surface area contributed by atoms with Crippen molar-refractivity contribution in [1.29, 1.82) is 0 Å². The van der Waals surface area contributed by atoms with Crippen LogP contribution in [0.15, 0.2) is 66.7 Å². The standard InChI is InChI=1S/C24H19F2NO/c1-3-28-19-8-4-16(5-9-19)20-10-6-17(13-22(20)26)24-12-15(2)21-14-18(25)7-11-23(21)27-24/h4-14H,3H2,1-2H3. The van der Waals surface area contributed by atoms with Crippen molar-refractivity contribution in [2.24, 2.45) is 0 Å². The average molecular weight is 375 g/mol. The number of halogens is 2. The highest BCUT2D eigenvalue weighted by Crippen LogP contribution is 2.30. The van der Waals surface area contributed by atoms with Gasteiger partial charge >= 0.3 is 0 Å². The van der Waals surface area contributed by atoms with Gasteiger partial charge in [-0.25, -0.2) is 13.8 Å². The molecule has 0 unspecified atom stereocenters. The van der Waals surface area contributed by atoms with Crippen LogP contribution in [-0.4, -0.2) is 11.6 Å². The first-order valence-corrected chi connectivity index (χ1v) is 9.15. The minimum absolute atomic E-state index is 0.295. The second kappa shape index (κ2) is 7.39. The summed E-state index contributed by atoms with van der Waals surface area (Å²) in [6.45, 7) is 4.41. The highest BCUT2D eigenvalue weighted by molar-refractivity contribution is 5.85. The molecule has 0 bridgehead atoms. The maximum atomic E-state index is 14.8. The third kappa shape index (κ3) is 3.46. The Balaban J connectivity index is 1.71. The van der Waals surface area contributed by atoms with E-state index in [1.807, 2.05) is 50.2 Å². The highest BCUT2D eigenvalue weighted by atomic mass is 19.1. The van der Waals surface area contributed by atoms with Crippen molar-refractivity contribution in [3.63, 3.8) is 0 Å². The lowest BCUT2D eigenvalue weighted by molar-refractivity contribution is 0.340. The molecular weight excluding hydrogens is 356 g/mol. The van der Waals surface area contributed by atoms with Crippen molar-refractivity contribution < 1.29 is 13.5 Å². The molecule has 0 radical (unpaired) electrons. The first-order chi connectivity index (χ1) is 13.5. The first kappa shape index (κ1) is 18.1. The molecule has 0 saturated heterocycles. The summed E-state index contributed by atoms with van der Waals surface area (Å²) in [6.07, 6.45) is 0. The molecule has 28 heavy (non-hydrogen) atoms. The van der Waals surface area contributed by atoms with Crippen LogP contribution in [-0.2, 0) is 0 Å². The summed E-state index contributed by atoms with van der Waals surface area (Å²) in [6, 6.07) is 18.8. The quantitative estimate of drug-likeness (QED) is 0.403. The van der Waals surface area contributed by atoms with Gasteiger partial charge in [-0.2, -0.15) is 0 Å². The largest absolute Gasteiger partial charge is 0.494 e. The average Bonchev–Trinajstić information content (AvgIpc) is 2.69. The van der Waals surface area contributed by atoms with Crippen LogP contribution in [0.4, 0.5) is 8.78 Å². The van der Waals surface area contributed by atoms with E-state index in [0.29, 0.717) is 28.9 Å². The highest BCUT2D eigenvalue weighted by Gasteiger charge is 2.11. The second-order valence-electron chi connectivity index (χ2n) is 6.64. The van der Waals surface area contributed by atoms with Gasteiger partial charge in [-0.3, -0.25) is 0 Å². The van der Waals surface area contributed by atoms with Gasteiger partial charge in [0.05, 0.1) is 17.8 Å². The van der Waals surface area contributed by atoms with Crippen LogP contribution in [0.2, 0.25) is 0 Å². The number of ether oxygens (including phenoxy) is 1. The summed E-state index contributed by atoms with van der Waals surface area (Å²) in [4.78, 5) is 4.57. The number of hydrogen-bond donors (Lipinski definition) is 0. The maximum absolute atomic E-state index is 14.8. The number of rotatable bonds is 4. The van der Waals surface area contributed by atoms with Crippen LogP contribution in [0.25, 0.3) is 33.3 Å². The van der Waals surface area contributed by atoms with Gasteiger partial charge in [0.25, 0.3) is 0 Å². The van der Waals surface area contributed by atoms with Crippen molar-refractivity contribution in [1.82, 2.24) is 4.98 Å². The molecule has 0 N–H and O–H groups in total. The topological polar surface area (TPSA) is 22.1 Å². The zero-order valence-electron chi connectivity index (χ0n) is 15.7. The Morgan fingerprint density at radius 3 is 2.32 bits per heavy atom. The summed E-state index contributed by atoms with van der Waals surface area (Å²) in [5.41, 5.74) is 4.23. The minimum atomic E-state index is -0.319. The summed E-state index contributed by atoms with van der Waals surface area (Å²) >= 11 is 0. The van der Waals surface area contributed by atoms with Crippen LogP contribution < -0.4 is 4.74 Å². The Morgan fingerprint density at radius 2 is 1.61 bits per heavy atom. The molecule has 0 saturated carbocycles. The maximum Gasteiger partial charge on any atom is 0.131 e. The number of hydrogen-bond acceptors (Lipinski definition) is 2. The molecule has 0 atom stereocenters. The summed E-state index contributed by atoms with van der Waals surface area (Å²) in [7, 11) is 0. The molecule has 0 spiro atoms. The Bertz CT molecular complexity index is 1150. The minimum Gasteiger partial charge on any atom is -0.494 e. The van der Waals surface area contributed by atoms with E-state index in [1.54, 1.807) is 12.1 Å². The van der Waals surface area contributed by atoms with Crippen molar-refractivity contribution in [3.8, 4) is 28.1 Å². The zero-order chi connectivity index (χ0) is 19.7. The first-order valence-electron chi connectivity index (χ1n) is 9.15. The molecule has 0 aliphatic heterocycles. The van der Waals surface area contributed by atoms with Gasteiger partial charge in [-0.1, -0.05) is 24.3 Å². The van der Waals surface area contributed by atoms with Crippen molar-refractivity contribution in [2.75, 3.05) is 6.61 Å². The van der Waals surface area contributed by atoms with E-state index in [4.69, 9.17) is 4.74 Å². The lowest BCUT2D eigenvalue weighted by atomic mass is 10.00. The fourth-order valence-electron chi connectivity index (χ4n) is 3.32. The number of aryl methyl sites for hydroxylation is 1. The van der Waals surface area contributed by atoms with Crippen LogP contribution in [0.1, 0.15) is 12.5 Å². The molecule has 4 heteroatoms. The van der Waals surface area contributed by atoms with E-state index in [9.17, 15) is 8.78 Å². The van der Waals surface area contributed by atoms with Crippen LogP contribution in [0.5, 0.6) is 5.75 Å². The van der Waals surface area contributed by atoms with Crippen LogP contribution in [0, 0.1) is 18.6 Å². The van der Waals surface area contributed by atoms with E-state index in [2.05, 4.69) is 4.98 Å². The number of benzene rings is 3. The van der Waals surface area contributed by atoms with E-state index >= 15 is 0 Å². The Morgan fingerprint density at radius 1 is 0.857 bits per heavy atom. The molecule has 4 rings (SSSR count). The van der Waals surface area contributed by atoms with Gasteiger partial charge in [0.2, 0.25) is 0 Å². The number of aromatic nitrogens is 1. The zero-order valence-corrected chi connectivity index (χ0v) is 15.7. The molecule has 0 amide bonds. The van der Waals surface area contributed by atoms with E-state index < -0.39 is 0 Å². The van der Waals surface area contributed by atoms with Gasteiger partial charge in [-0.15, -0.1) is 0 Å². The smallest absolute Gasteiger partial charge is 0.131 e. The SMILES string of the molecule is CCOc1ccc(-c2ccc(-c3cc(C)c4cc(F)ccc4n3)cc2F)cc1. The Hall–Kier alpha value is -3.27. The van der Waals surface area contributed by atoms with Gasteiger partial charge in [-0.05, 0) is 67.4 Å². The van der Waals surface area contributed by atoms with E-state index in [0.717, 1.165) is 22.3 Å². The van der Waals surface area contributed by atoms with Crippen LogP contribution >= 0.6 is 0 Å². The molecule has 140 valence electrons. The Kier molecular flexibility index (Phi) is 4.78. The van der Waals surface area contributed by atoms with Gasteiger partial charge in [0, 0.05) is 16.5 Å². The summed E-state index contributed by atoms with van der Waals surface area (Å²) in [5, 5.41) is 0.759. The van der Waals surface area contributed by atoms with Crippen molar-refractivity contribution in [2.45, 2.75) is 13.8 Å². The number of fused-ring (bicyclic) bond motifs is 1. The monoisotopic (exact) mass is 375 g/mol. The molecule has 1 aromatic heterocycles. The third-order valence-electron chi connectivity index (χ3n) is 4.72. The third-order valence-corrected chi connectivity index (χ3v) is 4.72. The fraction of sp³-hybridized carbons (Fsp3) is 0.125. The van der Waals surface area contributed by atoms with Gasteiger partial charge in [0.15, 0.2) is 0 Å². The van der Waals surface area contributed by atoms with E-state index in [1.165, 1.54) is 18.2 Å². The lowest BCUT2D eigenvalue weighted by Crippen LogP contribution is -1.93.